The molecule has 0 fully saturated rings. The first kappa shape index (κ1) is 20.0. The Morgan fingerprint density at radius 2 is 1.70 bits per heavy atom. The second kappa shape index (κ2) is 6.89. The van der Waals surface area contributed by atoms with Gasteiger partial charge in [-0.3, -0.25) is 0 Å². The number of hydrogen-bond donors (Lipinski definition) is 1. The zero-order valence-corrected chi connectivity index (χ0v) is 15.3. The standard InChI is InChI=1S/C20H15F5N4O/c21-11-18(13-7-2-1-3-8-13)19(22,15(20(23,24)25)30-17(26)29-18)16-27-10-12-6-4-5-9-14(12)28-16/h1-10,15H,11H2,(H2,26,29). The molecule has 3 unspecified atom stereocenters. The van der Waals surface area contributed by atoms with Crippen LogP contribution in [0, 0.1) is 0 Å². The number of nitrogens with two attached hydrogens (primary N) is 1. The Labute approximate surface area is 167 Å². The SMILES string of the molecule is NC1=NC(CF)(c2ccccc2)C(F)(c2ncc3ccccc3n2)C(C(F)(F)F)O1. The summed E-state index contributed by atoms with van der Waals surface area (Å²) in [7, 11) is 0. The van der Waals surface area contributed by atoms with E-state index in [4.69, 9.17) is 5.73 Å². The number of amidine groups is 1. The van der Waals surface area contributed by atoms with Crippen LogP contribution in [0.2, 0.25) is 0 Å². The molecule has 3 aromatic rings. The average molecular weight is 422 g/mol. The van der Waals surface area contributed by atoms with Crippen LogP contribution in [0.4, 0.5) is 22.0 Å². The fourth-order valence-electron chi connectivity index (χ4n) is 3.65. The number of fused-ring (bicyclic) bond motifs is 1. The highest BCUT2D eigenvalue weighted by atomic mass is 19.4. The van der Waals surface area contributed by atoms with Gasteiger partial charge in [0, 0.05) is 11.6 Å². The topological polar surface area (TPSA) is 73.4 Å². The number of aliphatic imine (C=N–C) groups is 1. The molecule has 0 aliphatic carbocycles. The van der Waals surface area contributed by atoms with Crippen molar-refractivity contribution in [2.45, 2.75) is 23.5 Å². The van der Waals surface area contributed by atoms with E-state index in [1.165, 1.54) is 36.5 Å². The second-order valence-corrected chi connectivity index (χ2v) is 6.81. The van der Waals surface area contributed by atoms with Crippen LogP contribution in [0.15, 0.2) is 65.8 Å². The van der Waals surface area contributed by atoms with Gasteiger partial charge in [0.25, 0.3) is 6.02 Å². The summed E-state index contributed by atoms with van der Waals surface area (Å²) >= 11 is 0. The summed E-state index contributed by atoms with van der Waals surface area (Å²) in [5, 5.41) is 0.471. The third kappa shape index (κ3) is 2.86. The van der Waals surface area contributed by atoms with Crippen LogP contribution in [0.5, 0.6) is 0 Å². The molecule has 0 saturated heterocycles. The van der Waals surface area contributed by atoms with Gasteiger partial charge < -0.3 is 10.5 Å². The van der Waals surface area contributed by atoms with E-state index in [0.717, 1.165) is 0 Å². The van der Waals surface area contributed by atoms with Crippen molar-refractivity contribution in [1.29, 1.82) is 0 Å². The Morgan fingerprint density at radius 3 is 2.37 bits per heavy atom. The number of aromatic nitrogens is 2. The van der Waals surface area contributed by atoms with Gasteiger partial charge in [-0.15, -0.1) is 0 Å². The zero-order chi connectivity index (χ0) is 21.6. The summed E-state index contributed by atoms with van der Waals surface area (Å²) in [4.78, 5) is 11.5. The van der Waals surface area contributed by atoms with Crippen LogP contribution in [-0.4, -0.2) is 34.9 Å². The quantitative estimate of drug-likeness (QED) is 0.649. The first-order valence-corrected chi connectivity index (χ1v) is 8.84. The first-order chi connectivity index (χ1) is 14.2. The number of halogens is 5. The molecule has 1 aliphatic heterocycles. The summed E-state index contributed by atoms with van der Waals surface area (Å²) in [6, 6.07) is 12.3. The van der Waals surface area contributed by atoms with E-state index in [1.54, 1.807) is 24.3 Å². The fraction of sp³-hybridized carbons (Fsp3) is 0.250. The Balaban J connectivity index is 2.07. The normalized spacial score (nSPS) is 26.8. The summed E-state index contributed by atoms with van der Waals surface area (Å²) < 4.78 is 77.8. The number of nitrogens with zero attached hydrogens (tertiary/aromatic N) is 3. The van der Waals surface area contributed by atoms with Crippen molar-refractivity contribution in [2.24, 2.45) is 10.7 Å². The molecular weight excluding hydrogens is 407 g/mol. The van der Waals surface area contributed by atoms with Gasteiger partial charge in [-0.1, -0.05) is 48.5 Å². The molecule has 30 heavy (non-hydrogen) atoms. The van der Waals surface area contributed by atoms with Crippen molar-refractivity contribution in [3.05, 3.63) is 72.2 Å². The van der Waals surface area contributed by atoms with Crippen LogP contribution < -0.4 is 5.73 Å². The summed E-state index contributed by atoms with van der Waals surface area (Å²) in [5.74, 6) is -0.902. The highest BCUT2D eigenvalue weighted by molar-refractivity contribution is 5.78. The lowest BCUT2D eigenvalue weighted by molar-refractivity contribution is -0.262. The second-order valence-electron chi connectivity index (χ2n) is 6.81. The fourth-order valence-corrected chi connectivity index (χ4v) is 3.65. The molecule has 0 amide bonds. The molecule has 156 valence electrons. The number of alkyl halides is 5. The van der Waals surface area contributed by atoms with Gasteiger partial charge in [-0.25, -0.2) is 23.7 Å². The van der Waals surface area contributed by atoms with Crippen molar-refractivity contribution in [3.8, 4) is 0 Å². The van der Waals surface area contributed by atoms with Gasteiger partial charge in [-0.05, 0) is 11.6 Å². The number of hydrogen-bond acceptors (Lipinski definition) is 5. The molecule has 0 radical (unpaired) electrons. The number of rotatable bonds is 3. The van der Waals surface area contributed by atoms with E-state index < -0.39 is 42.0 Å². The van der Waals surface area contributed by atoms with Crippen molar-refractivity contribution in [2.75, 3.05) is 6.67 Å². The highest BCUT2D eigenvalue weighted by Gasteiger charge is 2.72. The molecular formula is C20H15F5N4O. The minimum atomic E-state index is -5.26. The summed E-state index contributed by atoms with van der Waals surface area (Å²) in [6.07, 6.45) is -7.28. The molecule has 1 aromatic heterocycles. The third-order valence-corrected chi connectivity index (χ3v) is 5.06. The maximum Gasteiger partial charge on any atom is 0.429 e. The number of para-hydroxylation sites is 1. The van der Waals surface area contributed by atoms with Gasteiger partial charge >= 0.3 is 6.18 Å². The lowest BCUT2D eigenvalue weighted by Gasteiger charge is -2.47. The van der Waals surface area contributed by atoms with E-state index in [-0.39, 0.29) is 11.1 Å². The third-order valence-electron chi connectivity index (χ3n) is 5.06. The van der Waals surface area contributed by atoms with Crippen molar-refractivity contribution < 1.29 is 26.7 Å². The Hall–Kier alpha value is -3.30. The van der Waals surface area contributed by atoms with Gasteiger partial charge in [0.1, 0.15) is 6.67 Å². The maximum atomic E-state index is 16.8. The molecule has 4 rings (SSSR count). The molecule has 2 heterocycles. The lowest BCUT2D eigenvalue weighted by atomic mass is 9.72. The molecule has 10 heteroatoms. The molecule has 0 bridgehead atoms. The molecule has 5 nitrogen and oxygen atoms in total. The Morgan fingerprint density at radius 1 is 1.03 bits per heavy atom. The maximum absolute atomic E-state index is 16.8. The van der Waals surface area contributed by atoms with Crippen molar-refractivity contribution in [3.63, 3.8) is 0 Å². The molecule has 3 atom stereocenters. The summed E-state index contributed by atoms with van der Waals surface area (Å²) in [5.41, 5.74) is -0.876. The van der Waals surface area contributed by atoms with E-state index in [2.05, 4.69) is 19.7 Å². The smallest absolute Gasteiger partial charge is 0.429 e. The van der Waals surface area contributed by atoms with Crippen LogP contribution >= 0.6 is 0 Å². The minimum Gasteiger partial charge on any atom is -0.448 e. The van der Waals surface area contributed by atoms with Crippen LogP contribution in [-0.2, 0) is 15.9 Å². The Kier molecular flexibility index (Phi) is 4.59. The average Bonchev–Trinajstić information content (AvgIpc) is 2.74. The molecule has 2 aromatic carbocycles. The van der Waals surface area contributed by atoms with Crippen LogP contribution in [0.1, 0.15) is 11.4 Å². The van der Waals surface area contributed by atoms with E-state index in [1.807, 2.05) is 0 Å². The summed E-state index contributed by atoms with van der Waals surface area (Å²) in [6.45, 7) is -1.64. The minimum absolute atomic E-state index is 0.160. The molecule has 2 N–H and O–H groups in total. The number of ether oxygens (including phenoxy) is 1. The predicted octanol–water partition coefficient (Wildman–Crippen LogP) is 3.94. The van der Waals surface area contributed by atoms with Gasteiger partial charge in [0.2, 0.25) is 11.8 Å². The lowest BCUT2D eigenvalue weighted by Crippen LogP contribution is -2.64. The number of benzene rings is 2. The zero-order valence-electron chi connectivity index (χ0n) is 15.3. The largest absolute Gasteiger partial charge is 0.448 e. The monoisotopic (exact) mass is 422 g/mol. The van der Waals surface area contributed by atoms with Crippen LogP contribution in [0.25, 0.3) is 10.9 Å². The predicted molar refractivity (Wildman–Crippen MR) is 99.0 cm³/mol. The van der Waals surface area contributed by atoms with Crippen molar-refractivity contribution >= 4 is 16.9 Å². The van der Waals surface area contributed by atoms with Gasteiger partial charge in [-0.2, -0.15) is 13.2 Å². The highest BCUT2D eigenvalue weighted by Crippen LogP contribution is 2.55. The first-order valence-electron chi connectivity index (χ1n) is 8.84. The Bertz CT molecular complexity index is 1110. The molecule has 0 spiro atoms. The van der Waals surface area contributed by atoms with E-state index in [9.17, 15) is 17.6 Å². The van der Waals surface area contributed by atoms with Crippen LogP contribution in [0.3, 0.4) is 0 Å². The van der Waals surface area contributed by atoms with E-state index in [0.29, 0.717) is 5.39 Å². The molecule has 0 saturated carbocycles. The van der Waals surface area contributed by atoms with E-state index >= 15 is 4.39 Å². The molecule has 1 aliphatic rings. The van der Waals surface area contributed by atoms with Crippen molar-refractivity contribution in [1.82, 2.24) is 9.97 Å². The van der Waals surface area contributed by atoms with Gasteiger partial charge in [0.05, 0.1) is 5.52 Å². The van der Waals surface area contributed by atoms with Gasteiger partial charge in [0.15, 0.2) is 11.4 Å².